The number of hydrogen-bond donors (Lipinski definition) is 1. The zero-order valence-corrected chi connectivity index (χ0v) is 16.7. The fraction of sp³-hybridized carbons (Fsp3) is 0.227. The minimum atomic E-state index is -0.322. The van der Waals surface area contributed by atoms with Gasteiger partial charge in [-0.15, -0.1) is 0 Å². The van der Waals surface area contributed by atoms with E-state index < -0.39 is 0 Å². The van der Waals surface area contributed by atoms with Gasteiger partial charge in [-0.3, -0.25) is 19.3 Å². The molecule has 1 aliphatic heterocycles. The number of nitrogens with one attached hydrogen (secondary N) is 1. The minimum absolute atomic E-state index is 0.148. The van der Waals surface area contributed by atoms with E-state index in [9.17, 15) is 14.4 Å². The number of carbonyl (C=O) groups is 3. The predicted octanol–water partition coefficient (Wildman–Crippen LogP) is 4.02. The Morgan fingerprint density at radius 1 is 1.07 bits per heavy atom. The van der Waals surface area contributed by atoms with Crippen molar-refractivity contribution in [1.82, 2.24) is 10.2 Å². The van der Waals surface area contributed by atoms with Gasteiger partial charge in [0.15, 0.2) is 0 Å². The lowest BCUT2D eigenvalue weighted by atomic mass is 10.1. The van der Waals surface area contributed by atoms with Crippen LogP contribution in [-0.4, -0.2) is 35.0 Å². The Morgan fingerprint density at radius 3 is 2.39 bits per heavy atom. The van der Waals surface area contributed by atoms with Crippen LogP contribution in [0, 0.1) is 6.92 Å². The summed E-state index contributed by atoms with van der Waals surface area (Å²) < 4.78 is 0. The molecule has 0 aliphatic carbocycles. The normalized spacial score (nSPS) is 15.4. The molecule has 2 aromatic carbocycles. The van der Waals surface area contributed by atoms with Crippen LogP contribution in [0.5, 0.6) is 0 Å². The van der Waals surface area contributed by atoms with Gasteiger partial charge in [-0.2, -0.15) is 0 Å². The van der Waals surface area contributed by atoms with E-state index in [1.165, 1.54) is 4.90 Å². The molecule has 5 nitrogen and oxygen atoms in total. The lowest BCUT2D eigenvalue weighted by Crippen LogP contribution is -2.37. The van der Waals surface area contributed by atoms with Crippen molar-refractivity contribution in [3.8, 4) is 0 Å². The van der Waals surface area contributed by atoms with E-state index in [0.717, 1.165) is 34.9 Å². The number of nitrogens with zero attached hydrogens (tertiary/aromatic N) is 1. The topological polar surface area (TPSA) is 66.5 Å². The highest BCUT2D eigenvalue weighted by molar-refractivity contribution is 8.18. The fourth-order valence-electron chi connectivity index (χ4n) is 2.78. The van der Waals surface area contributed by atoms with Crippen molar-refractivity contribution in [3.05, 3.63) is 75.7 Å². The molecule has 1 fully saturated rings. The van der Waals surface area contributed by atoms with Gasteiger partial charge in [0.1, 0.15) is 0 Å². The molecule has 0 aromatic heterocycles. The van der Waals surface area contributed by atoms with E-state index in [0.29, 0.717) is 10.5 Å². The van der Waals surface area contributed by atoms with Crippen LogP contribution in [0.25, 0.3) is 6.08 Å². The van der Waals surface area contributed by atoms with Crippen LogP contribution in [0.1, 0.15) is 34.0 Å². The number of carbonyl (C=O) groups excluding carboxylic acids is 3. The number of aryl methyl sites for hydroxylation is 2. The summed E-state index contributed by atoms with van der Waals surface area (Å²) in [5.41, 5.74) is 3.73. The van der Waals surface area contributed by atoms with Crippen molar-refractivity contribution in [1.29, 1.82) is 0 Å². The van der Waals surface area contributed by atoms with Crippen molar-refractivity contribution < 1.29 is 14.4 Å². The van der Waals surface area contributed by atoms with Crippen molar-refractivity contribution in [2.75, 3.05) is 13.1 Å². The third-order valence-corrected chi connectivity index (χ3v) is 5.40. The Bertz CT molecular complexity index is 918. The Hall–Kier alpha value is -2.86. The van der Waals surface area contributed by atoms with Crippen molar-refractivity contribution in [2.24, 2.45) is 0 Å². The molecule has 0 saturated carbocycles. The van der Waals surface area contributed by atoms with Crippen LogP contribution in [0.3, 0.4) is 0 Å². The summed E-state index contributed by atoms with van der Waals surface area (Å²) in [6.07, 6.45) is 2.63. The zero-order valence-electron chi connectivity index (χ0n) is 15.9. The first-order valence-electron chi connectivity index (χ1n) is 9.17. The number of amides is 3. The second-order valence-corrected chi connectivity index (χ2v) is 7.54. The SMILES string of the molecule is CCc1ccc(C(=O)NCCN2C(=O)S/C(=C\c3ccc(C)cc3)C2=O)cc1. The summed E-state index contributed by atoms with van der Waals surface area (Å²) in [4.78, 5) is 38.4. The second-order valence-electron chi connectivity index (χ2n) is 6.55. The molecule has 6 heteroatoms. The van der Waals surface area contributed by atoms with E-state index >= 15 is 0 Å². The van der Waals surface area contributed by atoms with Crippen LogP contribution in [0.4, 0.5) is 4.79 Å². The molecular weight excluding hydrogens is 372 g/mol. The quantitative estimate of drug-likeness (QED) is 0.752. The number of hydrogen-bond acceptors (Lipinski definition) is 4. The minimum Gasteiger partial charge on any atom is -0.350 e. The van der Waals surface area contributed by atoms with Crippen molar-refractivity contribution in [3.63, 3.8) is 0 Å². The Labute approximate surface area is 168 Å². The molecule has 144 valence electrons. The van der Waals surface area contributed by atoms with Crippen molar-refractivity contribution >= 4 is 34.9 Å². The molecule has 1 heterocycles. The standard InChI is InChI=1S/C22H22N2O3S/c1-3-16-8-10-18(11-9-16)20(25)23-12-13-24-21(26)19(28-22(24)27)14-17-6-4-15(2)5-7-17/h4-11,14H,3,12-13H2,1-2H3,(H,23,25)/b19-14-. The maximum atomic E-state index is 12.5. The first-order valence-corrected chi connectivity index (χ1v) is 9.98. The third kappa shape index (κ3) is 4.70. The fourth-order valence-corrected chi connectivity index (χ4v) is 3.65. The average Bonchev–Trinajstić information content (AvgIpc) is 2.97. The molecular formula is C22H22N2O3S. The first-order chi connectivity index (χ1) is 13.5. The van der Waals surface area contributed by atoms with E-state index in [2.05, 4.69) is 12.2 Å². The molecule has 1 N–H and O–H groups in total. The zero-order chi connectivity index (χ0) is 20.1. The summed E-state index contributed by atoms with van der Waals surface area (Å²) in [7, 11) is 0. The largest absolute Gasteiger partial charge is 0.350 e. The highest BCUT2D eigenvalue weighted by Gasteiger charge is 2.34. The van der Waals surface area contributed by atoms with Gasteiger partial charge < -0.3 is 5.32 Å². The molecule has 1 saturated heterocycles. The van der Waals surface area contributed by atoms with Crippen LogP contribution in [-0.2, 0) is 11.2 Å². The number of thioether (sulfide) groups is 1. The number of imide groups is 1. The molecule has 28 heavy (non-hydrogen) atoms. The first kappa shape index (κ1) is 19.9. The van der Waals surface area contributed by atoms with Gasteiger partial charge in [0.25, 0.3) is 17.1 Å². The summed E-state index contributed by atoms with van der Waals surface area (Å²) in [6.45, 7) is 4.40. The highest BCUT2D eigenvalue weighted by atomic mass is 32.2. The van der Waals surface area contributed by atoms with Gasteiger partial charge in [0, 0.05) is 18.7 Å². The Balaban J connectivity index is 1.57. The lowest BCUT2D eigenvalue weighted by molar-refractivity contribution is -0.122. The Morgan fingerprint density at radius 2 is 1.75 bits per heavy atom. The third-order valence-electron chi connectivity index (χ3n) is 4.49. The summed E-state index contributed by atoms with van der Waals surface area (Å²) in [5, 5.41) is 2.45. The molecule has 1 aliphatic rings. The van der Waals surface area contributed by atoms with E-state index in [-0.39, 0.29) is 30.1 Å². The van der Waals surface area contributed by atoms with Crippen LogP contribution in [0.15, 0.2) is 53.4 Å². The van der Waals surface area contributed by atoms with Crippen LogP contribution < -0.4 is 5.32 Å². The van der Waals surface area contributed by atoms with E-state index in [4.69, 9.17) is 0 Å². The lowest BCUT2D eigenvalue weighted by Gasteiger charge is -2.13. The van der Waals surface area contributed by atoms with E-state index in [1.807, 2.05) is 43.3 Å². The van der Waals surface area contributed by atoms with Gasteiger partial charge in [0.05, 0.1) is 4.91 Å². The molecule has 2 aromatic rings. The van der Waals surface area contributed by atoms with Gasteiger partial charge in [-0.25, -0.2) is 0 Å². The van der Waals surface area contributed by atoms with Crippen LogP contribution in [0.2, 0.25) is 0 Å². The smallest absolute Gasteiger partial charge is 0.293 e. The average molecular weight is 394 g/mol. The molecule has 0 bridgehead atoms. The molecule has 3 amide bonds. The maximum Gasteiger partial charge on any atom is 0.293 e. The highest BCUT2D eigenvalue weighted by Crippen LogP contribution is 2.31. The summed E-state index contributed by atoms with van der Waals surface area (Å²) >= 11 is 0.926. The summed E-state index contributed by atoms with van der Waals surface area (Å²) in [6, 6.07) is 15.1. The molecule has 0 atom stereocenters. The van der Waals surface area contributed by atoms with Gasteiger partial charge >= 0.3 is 0 Å². The van der Waals surface area contributed by atoms with Gasteiger partial charge in [-0.05, 0) is 54.4 Å². The molecule has 0 spiro atoms. The van der Waals surface area contributed by atoms with Crippen LogP contribution >= 0.6 is 11.8 Å². The van der Waals surface area contributed by atoms with Crippen molar-refractivity contribution in [2.45, 2.75) is 20.3 Å². The molecule has 0 radical (unpaired) electrons. The van der Waals surface area contributed by atoms with E-state index in [1.54, 1.807) is 18.2 Å². The predicted molar refractivity (Wildman–Crippen MR) is 112 cm³/mol. The maximum absolute atomic E-state index is 12.5. The Kier molecular flexibility index (Phi) is 6.31. The number of rotatable bonds is 6. The second kappa shape index (κ2) is 8.89. The molecule has 3 rings (SSSR count). The number of benzene rings is 2. The summed E-state index contributed by atoms with van der Waals surface area (Å²) in [5.74, 6) is -0.540. The van der Waals surface area contributed by atoms with Gasteiger partial charge in [0.2, 0.25) is 0 Å². The van der Waals surface area contributed by atoms with Gasteiger partial charge in [-0.1, -0.05) is 48.9 Å². The molecule has 0 unspecified atom stereocenters. The monoisotopic (exact) mass is 394 g/mol.